The second kappa shape index (κ2) is 7.23. The van der Waals surface area contributed by atoms with Crippen LogP contribution in [-0.2, 0) is 4.79 Å². The Morgan fingerprint density at radius 3 is 3.04 bits per heavy atom. The lowest BCUT2D eigenvalue weighted by molar-refractivity contribution is -0.122. The standard InChI is InChI=1S/C16H17N3O2S2/c1-2-3-5-12-15(20)19(16(21)23-12)10-11-22-14-7-4-6-13-17-8-9-18(13)14/h4-9H,2-3,10-11H2,1H3/b12-5+. The molecular formula is C16H17N3O2S2. The van der Waals surface area contributed by atoms with Gasteiger partial charge < -0.3 is 0 Å². The van der Waals surface area contributed by atoms with Crippen molar-refractivity contribution >= 4 is 40.3 Å². The molecule has 0 spiro atoms. The van der Waals surface area contributed by atoms with Gasteiger partial charge >= 0.3 is 0 Å². The molecule has 0 N–H and O–H groups in total. The molecule has 2 aromatic heterocycles. The van der Waals surface area contributed by atoms with Crippen LogP contribution in [0.2, 0.25) is 0 Å². The van der Waals surface area contributed by atoms with E-state index in [0.717, 1.165) is 35.3 Å². The fourth-order valence-electron chi connectivity index (χ4n) is 2.29. The van der Waals surface area contributed by atoms with Gasteiger partial charge in [0.25, 0.3) is 11.1 Å². The molecule has 0 aliphatic carbocycles. The molecule has 3 rings (SSSR count). The van der Waals surface area contributed by atoms with Gasteiger partial charge in [0.05, 0.1) is 9.93 Å². The Morgan fingerprint density at radius 1 is 1.35 bits per heavy atom. The number of hydrogen-bond acceptors (Lipinski definition) is 5. The predicted molar refractivity (Wildman–Crippen MR) is 93.6 cm³/mol. The van der Waals surface area contributed by atoms with E-state index in [2.05, 4.69) is 4.98 Å². The van der Waals surface area contributed by atoms with E-state index < -0.39 is 0 Å². The summed E-state index contributed by atoms with van der Waals surface area (Å²) in [4.78, 5) is 30.4. The van der Waals surface area contributed by atoms with E-state index in [0.29, 0.717) is 17.2 Å². The zero-order valence-corrected chi connectivity index (χ0v) is 14.4. The van der Waals surface area contributed by atoms with Crippen LogP contribution in [0.1, 0.15) is 19.8 Å². The van der Waals surface area contributed by atoms with Gasteiger partial charge in [0.15, 0.2) is 0 Å². The van der Waals surface area contributed by atoms with Gasteiger partial charge in [0.1, 0.15) is 5.65 Å². The molecule has 0 unspecified atom stereocenters. The molecule has 0 aromatic carbocycles. The number of carbonyl (C=O) groups is 2. The van der Waals surface area contributed by atoms with Crippen LogP contribution in [0.4, 0.5) is 4.79 Å². The number of amides is 2. The summed E-state index contributed by atoms with van der Waals surface area (Å²) in [5, 5.41) is 0.882. The third kappa shape index (κ3) is 3.45. The Labute approximate surface area is 143 Å². The molecule has 1 aliphatic heterocycles. The number of imide groups is 1. The Hall–Kier alpha value is -1.73. The number of nitrogens with zero attached hydrogens (tertiary/aromatic N) is 3. The van der Waals surface area contributed by atoms with Crippen molar-refractivity contribution in [3.05, 3.63) is 41.6 Å². The summed E-state index contributed by atoms with van der Waals surface area (Å²) in [7, 11) is 0. The van der Waals surface area contributed by atoms with Crippen LogP contribution < -0.4 is 0 Å². The molecule has 1 fully saturated rings. The van der Waals surface area contributed by atoms with Gasteiger partial charge in [-0.2, -0.15) is 0 Å². The molecule has 0 bridgehead atoms. The van der Waals surface area contributed by atoms with Crippen LogP contribution in [0, 0.1) is 0 Å². The molecule has 120 valence electrons. The lowest BCUT2D eigenvalue weighted by atomic mass is 10.3. The van der Waals surface area contributed by atoms with E-state index in [4.69, 9.17) is 0 Å². The Morgan fingerprint density at radius 2 is 2.22 bits per heavy atom. The zero-order chi connectivity index (χ0) is 16.2. The highest BCUT2D eigenvalue weighted by Crippen LogP contribution is 2.31. The summed E-state index contributed by atoms with van der Waals surface area (Å²) in [5.41, 5.74) is 0.892. The number of pyridine rings is 1. The summed E-state index contributed by atoms with van der Waals surface area (Å²) in [6.07, 6.45) is 7.33. The van der Waals surface area contributed by atoms with Crippen molar-refractivity contribution in [3.63, 3.8) is 0 Å². The first-order valence-electron chi connectivity index (χ1n) is 7.49. The van der Waals surface area contributed by atoms with Crippen LogP contribution >= 0.6 is 23.5 Å². The first kappa shape index (κ1) is 16.1. The number of rotatable bonds is 6. The number of thioether (sulfide) groups is 2. The summed E-state index contributed by atoms with van der Waals surface area (Å²) in [6, 6.07) is 5.91. The number of fused-ring (bicyclic) bond motifs is 1. The minimum Gasteiger partial charge on any atom is -0.294 e. The first-order chi connectivity index (χ1) is 11.2. The van der Waals surface area contributed by atoms with Crippen LogP contribution in [-0.4, -0.2) is 37.7 Å². The van der Waals surface area contributed by atoms with Crippen LogP contribution in [0.25, 0.3) is 5.65 Å². The molecule has 0 saturated carbocycles. The maximum absolute atomic E-state index is 12.2. The number of imidazole rings is 1. The van der Waals surface area contributed by atoms with Gasteiger partial charge in [-0.15, -0.1) is 11.8 Å². The van der Waals surface area contributed by atoms with Crippen LogP contribution in [0.3, 0.4) is 0 Å². The number of hydrogen-bond donors (Lipinski definition) is 0. The van der Waals surface area contributed by atoms with Crippen molar-refractivity contribution in [2.75, 3.05) is 12.3 Å². The smallest absolute Gasteiger partial charge is 0.293 e. The summed E-state index contributed by atoms with van der Waals surface area (Å²) in [6.45, 7) is 2.47. The second-order valence-electron chi connectivity index (χ2n) is 5.05. The fourth-order valence-corrected chi connectivity index (χ4v) is 4.11. The maximum Gasteiger partial charge on any atom is 0.293 e. The lowest BCUT2D eigenvalue weighted by Crippen LogP contribution is -2.30. The van der Waals surface area contributed by atoms with Gasteiger partial charge in [-0.05, 0) is 30.3 Å². The normalized spacial score (nSPS) is 16.9. The predicted octanol–water partition coefficient (Wildman–Crippen LogP) is 3.81. The van der Waals surface area contributed by atoms with E-state index >= 15 is 0 Å². The lowest BCUT2D eigenvalue weighted by Gasteiger charge is -2.12. The van der Waals surface area contributed by atoms with Crippen molar-refractivity contribution in [3.8, 4) is 0 Å². The second-order valence-corrected chi connectivity index (χ2v) is 7.16. The summed E-state index contributed by atoms with van der Waals surface area (Å²) in [5.74, 6) is 0.506. The van der Waals surface area contributed by atoms with Gasteiger partial charge in [0, 0.05) is 24.7 Å². The molecule has 23 heavy (non-hydrogen) atoms. The van der Waals surface area contributed by atoms with Crippen LogP contribution in [0.15, 0.2) is 46.6 Å². The first-order valence-corrected chi connectivity index (χ1v) is 9.29. The Kier molecular flexibility index (Phi) is 5.07. The molecule has 3 heterocycles. The number of aromatic nitrogens is 2. The van der Waals surface area contributed by atoms with E-state index in [1.165, 1.54) is 4.90 Å². The Balaban J connectivity index is 1.61. The average Bonchev–Trinajstić information content (AvgIpc) is 3.13. The van der Waals surface area contributed by atoms with Crippen molar-refractivity contribution in [1.82, 2.24) is 14.3 Å². The maximum atomic E-state index is 12.2. The van der Waals surface area contributed by atoms with E-state index in [1.54, 1.807) is 18.0 Å². The van der Waals surface area contributed by atoms with Crippen molar-refractivity contribution < 1.29 is 9.59 Å². The SMILES string of the molecule is CCC/C=C1/SC(=O)N(CCSc2cccc3nccn23)C1=O. The van der Waals surface area contributed by atoms with Crippen molar-refractivity contribution in [1.29, 1.82) is 0 Å². The third-order valence-corrected chi connectivity index (χ3v) is 5.42. The quantitative estimate of drug-likeness (QED) is 0.587. The zero-order valence-electron chi connectivity index (χ0n) is 12.8. The monoisotopic (exact) mass is 347 g/mol. The van der Waals surface area contributed by atoms with Crippen molar-refractivity contribution in [2.24, 2.45) is 0 Å². The van der Waals surface area contributed by atoms with Crippen LogP contribution in [0.5, 0.6) is 0 Å². The number of allylic oxidation sites excluding steroid dienone is 1. The molecule has 2 aromatic rings. The highest BCUT2D eigenvalue weighted by Gasteiger charge is 2.34. The topological polar surface area (TPSA) is 54.7 Å². The molecular weight excluding hydrogens is 330 g/mol. The van der Waals surface area contributed by atoms with Crippen molar-refractivity contribution in [2.45, 2.75) is 24.8 Å². The molecule has 7 heteroatoms. The summed E-state index contributed by atoms with van der Waals surface area (Å²) < 4.78 is 2.00. The molecule has 0 atom stereocenters. The highest BCUT2D eigenvalue weighted by atomic mass is 32.2. The third-order valence-electron chi connectivity index (χ3n) is 3.45. The van der Waals surface area contributed by atoms with Gasteiger partial charge in [-0.1, -0.05) is 25.5 Å². The Bertz CT molecular complexity index is 770. The highest BCUT2D eigenvalue weighted by molar-refractivity contribution is 8.18. The molecule has 5 nitrogen and oxygen atoms in total. The van der Waals surface area contributed by atoms with E-state index in [-0.39, 0.29) is 11.1 Å². The molecule has 2 amide bonds. The minimum atomic E-state index is -0.168. The number of carbonyl (C=O) groups excluding carboxylic acids is 2. The minimum absolute atomic E-state index is 0.158. The van der Waals surface area contributed by atoms with Gasteiger partial charge in [0.2, 0.25) is 0 Å². The molecule has 0 radical (unpaired) electrons. The van der Waals surface area contributed by atoms with E-state index in [9.17, 15) is 9.59 Å². The largest absolute Gasteiger partial charge is 0.294 e. The molecule has 1 aliphatic rings. The molecule has 1 saturated heterocycles. The average molecular weight is 347 g/mol. The number of unbranched alkanes of at least 4 members (excludes halogenated alkanes) is 1. The fraction of sp³-hybridized carbons (Fsp3) is 0.312. The van der Waals surface area contributed by atoms with Gasteiger partial charge in [-0.25, -0.2) is 4.98 Å². The summed E-state index contributed by atoms with van der Waals surface area (Å²) >= 11 is 2.66. The van der Waals surface area contributed by atoms with E-state index in [1.807, 2.05) is 41.8 Å². The van der Waals surface area contributed by atoms with Gasteiger partial charge in [-0.3, -0.25) is 18.9 Å².